The van der Waals surface area contributed by atoms with Crippen LogP contribution in [0.5, 0.6) is 11.5 Å². The van der Waals surface area contributed by atoms with Gasteiger partial charge < -0.3 is 34.3 Å². The van der Waals surface area contributed by atoms with E-state index in [1.807, 2.05) is 29.5 Å². The Hall–Kier alpha value is -3.16. The van der Waals surface area contributed by atoms with Gasteiger partial charge in [-0.25, -0.2) is 0 Å². The largest absolute Gasteiger partial charge is 0.493 e. The number of aliphatic hydroxyl groups is 2. The van der Waals surface area contributed by atoms with Crippen LogP contribution in [0.15, 0.2) is 58.9 Å². The van der Waals surface area contributed by atoms with E-state index in [-0.39, 0.29) is 43.5 Å². The lowest BCUT2D eigenvalue weighted by Gasteiger charge is -2.40. The standard InChI is InChI=1S/C27H31IN2O8/c1-3-4-5-24(33)30(14-17-6-9-37-16-17)21-12-19(27(35)29-7-8-31)13-22(25(21)34)38-26-20(28)10-18(15-32)11-23(26)36-2/h4-6,9-11,13,15-16,21-22,25,31,34H,3,7-8,12,14H2,1-2H3,(H,29,35). The molecule has 1 aromatic heterocycles. The van der Waals surface area contributed by atoms with Gasteiger partial charge in [0.2, 0.25) is 11.8 Å². The Morgan fingerprint density at radius 3 is 2.76 bits per heavy atom. The molecule has 1 aromatic carbocycles. The van der Waals surface area contributed by atoms with Gasteiger partial charge in [-0.15, -0.1) is 0 Å². The summed E-state index contributed by atoms with van der Waals surface area (Å²) in [5.74, 6) is -0.212. The van der Waals surface area contributed by atoms with Crippen molar-refractivity contribution in [2.45, 2.75) is 44.6 Å². The van der Waals surface area contributed by atoms with Crippen molar-refractivity contribution >= 4 is 40.7 Å². The summed E-state index contributed by atoms with van der Waals surface area (Å²) in [6, 6.07) is 4.02. The fourth-order valence-electron chi connectivity index (χ4n) is 4.09. The van der Waals surface area contributed by atoms with Crippen molar-refractivity contribution in [1.82, 2.24) is 10.2 Å². The third-order valence-electron chi connectivity index (χ3n) is 5.97. The van der Waals surface area contributed by atoms with Crippen molar-refractivity contribution in [3.05, 3.63) is 69.2 Å². The van der Waals surface area contributed by atoms with Crippen LogP contribution in [0.1, 0.15) is 35.7 Å². The van der Waals surface area contributed by atoms with Gasteiger partial charge in [0.05, 0.1) is 35.9 Å². The summed E-state index contributed by atoms with van der Waals surface area (Å²) in [6.07, 6.45) is 6.81. The van der Waals surface area contributed by atoms with Gasteiger partial charge in [-0.2, -0.15) is 0 Å². The SMILES string of the molecule is CCC=CC(=O)N(Cc1ccoc1)C1CC(C(=O)NCCO)=CC(Oc2c(I)cc(C=O)cc2OC)C1O. The van der Waals surface area contributed by atoms with E-state index in [1.54, 1.807) is 18.2 Å². The number of furan rings is 1. The van der Waals surface area contributed by atoms with Crippen LogP contribution in [0.2, 0.25) is 0 Å². The molecular formula is C27H31IN2O8. The van der Waals surface area contributed by atoms with E-state index in [4.69, 9.17) is 19.0 Å². The van der Waals surface area contributed by atoms with Gasteiger partial charge in [0, 0.05) is 36.2 Å². The Balaban J connectivity index is 2.03. The lowest BCUT2D eigenvalue weighted by Crippen LogP contribution is -2.54. The van der Waals surface area contributed by atoms with Crippen molar-refractivity contribution in [2.24, 2.45) is 0 Å². The molecule has 3 unspecified atom stereocenters. The summed E-state index contributed by atoms with van der Waals surface area (Å²) in [6.45, 7) is 1.85. The topological polar surface area (TPSA) is 139 Å². The highest BCUT2D eigenvalue weighted by atomic mass is 127. The van der Waals surface area contributed by atoms with Crippen LogP contribution in [0.3, 0.4) is 0 Å². The number of carbonyl (C=O) groups is 3. The molecule has 2 amide bonds. The first-order valence-electron chi connectivity index (χ1n) is 12.1. The second-order valence-corrected chi connectivity index (χ2v) is 9.74. The Morgan fingerprint density at radius 1 is 1.34 bits per heavy atom. The molecule has 0 radical (unpaired) electrons. The second-order valence-electron chi connectivity index (χ2n) is 8.58. The third-order valence-corrected chi connectivity index (χ3v) is 6.77. The lowest BCUT2D eigenvalue weighted by molar-refractivity contribution is -0.134. The van der Waals surface area contributed by atoms with Crippen LogP contribution in [0.25, 0.3) is 0 Å². The number of nitrogens with zero attached hydrogens (tertiary/aromatic N) is 1. The molecular weight excluding hydrogens is 607 g/mol. The molecule has 3 N–H and O–H groups in total. The number of rotatable bonds is 12. The predicted molar refractivity (Wildman–Crippen MR) is 147 cm³/mol. The van der Waals surface area contributed by atoms with Crippen molar-refractivity contribution in [1.29, 1.82) is 0 Å². The van der Waals surface area contributed by atoms with E-state index in [0.29, 0.717) is 27.4 Å². The van der Waals surface area contributed by atoms with E-state index in [9.17, 15) is 19.5 Å². The highest BCUT2D eigenvalue weighted by Crippen LogP contribution is 2.37. The van der Waals surface area contributed by atoms with E-state index in [1.165, 1.54) is 42.8 Å². The maximum Gasteiger partial charge on any atom is 0.247 e. The van der Waals surface area contributed by atoms with Crippen LogP contribution < -0.4 is 14.8 Å². The normalized spacial score (nSPS) is 19.1. The van der Waals surface area contributed by atoms with E-state index in [2.05, 4.69) is 5.32 Å². The molecule has 11 heteroatoms. The highest BCUT2D eigenvalue weighted by Gasteiger charge is 2.40. The summed E-state index contributed by atoms with van der Waals surface area (Å²) >= 11 is 2.00. The Morgan fingerprint density at radius 2 is 2.13 bits per heavy atom. The number of aldehydes is 1. The molecule has 0 saturated carbocycles. The molecule has 2 aromatic rings. The summed E-state index contributed by atoms with van der Waals surface area (Å²) in [4.78, 5) is 39.0. The number of amides is 2. The highest BCUT2D eigenvalue weighted by molar-refractivity contribution is 14.1. The monoisotopic (exact) mass is 638 g/mol. The van der Waals surface area contributed by atoms with Crippen molar-refractivity contribution in [3.8, 4) is 11.5 Å². The van der Waals surface area contributed by atoms with Crippen molar-refractivity contribution in [2.75, 3.05) is 20.3 Å². The van der Waals surface area contributed by atoms with Gasteiger partial charge in [0.1, 0.15) is 18.5 Å². The van der Waals surface area contributed by atoms with E-state index >= 15 is 0 Å². The molecule has 10 nitrogen and oxygen atoms in total. The molecule has 0 saturated heterocycles. The molecule has 0 spiro atoms. The van der Waals surface area contributed by atoms with Crippen LogP contribution in [0, 0.1) is 3.57 Å². The molecule has 38 heavy (non-hydrogen) atoms. The van der Waals surface area contributed by atoms with Gasteiger partial charge in [0.25, 0.3) is 0 Å². The Labute approximate surface area is 234 Å². The first kappa shape index (κ1) is 29.4. The number of aliphatic hydroxyl groups excluding tert-OH is 2. The van der Waals surface area contributed by atoms with Gasteiger partial charge in [-0.05, 0) is 59.4 Å². The number of nitrogens with one attached hydrogen (secondary N) is 1. The molecule has 0 aliphatic heterocycles. The number of hydrogen-bond acceptors (Lipinski definition) is 8. The minimum absolute atomic E-state index is 0.0463. The Bertz CT molecular complexity index is 1180. The molecule has 3 atom stereocenters. The van der Waals surface area contributed by atoms with Crippen LogP contribution in [0.4, 0.5) is 0 Å². The number of methoxy groups -OCH3 is 1. The number of benzene rings is 1. The Kier molecular flexibility index (Phi) is 10.9. The summed E-state index contributed by atoms with van der Waals surface area (Å²) in [7, 11) is 1.43. The predicted octanol–water partition coefficient (Wildman–Crippen LogP) is 2.62. The van der Waals surface area contributed by atoms with Gasteiger partial charge in [-0.1, -0.05) is 13.0 Å². The summed E-state index contributed by atoms with van der Waals surface area (Å²) < 4.78 is 17.4. The molecule has 1 aliphatic carbocycles. The average molecular weight is 638 g/mol. The molecule has 1 aliphatic rings. The van der Waals surface area contributed by atoms with Crippen LogP contribution in [-0.4, -0.2) is 71.7 Å². The maximum atomic E-state index is 13.3. The van der Waals surface area contributed by atoms with Gasteiger partial charge >= 0.3 is 0 Å². The zero-order valence-electron chi connectivity index (χ0n) is 21.1. The number of halogens is 1. The maximum absolute atomic E-state index is 13.3. The molecule has 204 valence electrons. The fourth-order valence-corrected chi connectivity index (χ4v) is 4.84. The minimum Gasteiger partial charge on any atom is -0.493 e. The van der Waals surface area contributed by atoms with E-state index in [0.717, 1.165) is 5.56 Å². The lowest BCUT2D eigenvalue weighted by atomic mass is 9.88. The quantitative estimate of drug-likeness (QED) is 0.183. The smallest absolute Gasteiger partial charge is 0.247 e. The first-order chi connectivity index (χ1) is 18.3. The summed E-state index contributed by atoms with van der Waals surface area (Å²) in [5, 5.41) is 23.3. The first-order valence-corrected chi connectivity index (χ1v) is 13.2. The fraction of sp³-hybridized carbons (Fsp3) is 0.370. The van der Waals surface area contributed by atoms with Gasteiger partial charge in [0.15, 0.2) is 11.5 Å². The van der Waals surface area contributed by atoms with Crippen LogP contribution in [-0.2, 0) is 16.1 Å². The second kappa shape index (κ2) is 14.1. The molecule has 1 heterocycles. The molecule has 0 bridgehead atoms. The zero-order valence-corrected chi connectivity index (χ0v) is 23.3. The third kappa shape index (κ3) is 7.23. The van der Waals surface area contributed by atoms with Crippen molar-refractivity contribution < 1.29 is 38.5 Å². The van der Waals surface area contributed by atoms with Crippen LogP contribution >= 0.6 is 22.6 Å². The summed E-state index contributed by atoms with van der Waals surface area (Å²) in [5.41, 5.74) is 1.40. The minimum atomic E-state index is -1.22. The van der Waals surface area contributed by atoms with Gasteiger partial charge in [-0.3, -0.25) is 14.4 Å². The number of allylic oxidation sites excluding steroid dienone is 1. The number of carbonyl (C=O) groups excluding carboxylic acids is 3. The molecule has 3 rings (SSSR count). The average Bonchev–Trinajstić information content (AvgIpc) is 3.44. The number of hydrogen-bond donors (Lipinski definition) is 3. The van der Waals surface area contributed by atoms with Crippen molar-refractivity contribution in [3.63, 3.8) is 0 Å². The number of ether oxygens (including phenoxy) is 2. The van der Waals surface area contributed by atoms with E-state index < -0.39 is 24.2 Å². The zero-order chi connectivity index (χ0) is 27.7. The molecule has 0 fully saturated rings.